The number of aromatic nitrogens is 3. The molecular formula is C28H37FN8O. The van der Waals surface area contributed by atoms with Gasteiger partial charge in [0, 0.05) is 68.4 Å². The Bertz CT molecular complexity index is 1320. The first kappa shape index (κ1) is 25.0. The van der Waals surface area contributed by atoms with Gasteiger partial charge in [-0.1, -0.05) is 5.57 Å². The lowest BCUT2D eigenvalue weighted by atomic mass is 9.63. The molecule has 2 bridgehead atoms. The number of rotatable bonds is 8. The summed E-state index contributed by atoms with van der Waals surface area (Å²) in [7, 11) is 1.84. The van der Waals surface area contributed by atoms with Crippen molar-refractivity contribution in [3.05, 3.63) is 45.4 Å². The van der Waals surface area contributed by atoms with Gasteiger partial charge in [0.2, 0.25) is 5.91 Å². The van der Waals surface area contributed by atoms with E-state index in [4.69, 9.17) is 10.5 Å². The van der Waals surface area contributed by atoms with E-state index < -0.39 is 6.17 Å². The number of nitrogens with one attached hydrogen (secondary N) is 3. The van der Waals surface area contributed by atoms with Gasteiger partial charge in [0.05, 0.1) is 30.0 Å². The lowest BCUT2D eigenvalue weighted by Gasteiger charge is -2.50. The molecule has 7 rings (SSSR count). The summed E-state index contributed by atoms with van der Waals surface area (Å²) in [5.41, 5.74) is 9.28. The SMILES string of the molecule is CNc1nc(C)cc(N2CCc3c(c(C)nn3CC3=C4CC(NC(=O)CN5CC(F)C5)(CC3)C4)C2)c1C=N. The summed E-state index contributed by atoms with van der Waals surface area (Å²) in [6, 6.07) is 2.07. The fourth-order valence-corrected chi connectivity index (χ4v) is 6.72. The lowest BCUT2D eigenvalue weighted by Crippen LogP contribution is -2.60. The van der Waals surface area contributed by atoms with Crippen molar-refractivity contribution in [1.82, 2.24) is 25.0 Å². The van der Waals surface area contributed by atoms with Crippen molar-refractivity contribution in [2.45, 2.75) is 70.8 Å². The predicted molar refractivity (Wildman–Crippen MR) is 146 cm³/mol. The van der Waals surface area contributed by atoms with E-state index in [1.165, 1.54) is 28.6 Å². The van der Waals surface area contributed by atoms with Gasteiger partial charge < -0.3 is 20.9 Å². The average molecular weight is 521 g/mol. The van der Waals surface area contributed by atoms with Crippen molar-refractivity contribution in [2.24, 2.45) is 0 Å². The summed E-state index contributed by atoms with van der Waals surface area (Å²) in [5.74, 6) is 0.763. The largest absolute Gasteiger partial charge is 0.373 e. The molecule has 2 aliphatic heterocycles. The van der Waals surface area contributed by atoms with Gasteiger partial charge in [0.15, 0.2) is 0 Å². The van der Waals surface area contributed by atoms with Crippen LogP contribution in [0.2, 0.25) is 0 Å². The van der Waals surface area contributed by atoms with Crippen molar-refractivity contribution >= 4 is 23.6 Å². The van der Waals surface area contributed by atoms with Crippen molar-refractivity contribution < 1.29 is 9.18 Å². The Morgan fingerprint density at radius 1 is 1.29 bits per heavy atom. The van der Waals surface area contributed by atoms with E-state index in [0.717, 1.165) is 80.2 Å². The third kappa shape index (κ3) is 4.38. The molecule has 0 radical (unpaired) electrons. The van der Waals surface area contributed by atoms with Crippen molar-refractivity contribution in [1.29, 1.82) is 5.41 Å². The molecule has 5 aliphatic rings. The first-order chi connectivity index (χ1) is 18.3. The Labute approximate surface area is 223 Å². The summed E-state index contributed by atoms with van der Waals surface area (Å²) in [6.45, 7) is 7.62. The smallest absolute Gasteiger partial charge is 0.234 e. The molecule has 1 saturated carbocycles. The fourth-order valence-electron chi connectivity index (χ4n) is 6.72. The van der Waals surface area contributed by atoms with Crippen molar-refractivity contribution in [2.75, 3.05) is 43.4 Å². The fraction of sp³-hybridized carbons (Fsp3) is 0.571. The number of pyridine rings is 1. The van der Waals surface area contributed by atoms with Gasteiger partial charge in [-0.2, -0.15) is 5.10 Å². The number of hydrogen-bond acceptors (Lipinski definition) is 7. The van der Waals surface area contributed by atoms with Crippen LogP contribution in [-0.2, 0) is 24.3 Å². The topological polar surface area (TPSA) is 102 Å². The number of halogens is 1. The molecule has 9 nitrogen and oxygen atoms in total. The van der Waals surface area contributed by atoms with Gasteiger partial charge in [-0.15, -0.1) is 0 Å². The number of likely N-dealkylation sites (tertiary alicyclic amines) is 1. The number of amides is 1. The maximum Gasteiger partial charge on any atom is 0.234 e. The Hall–Kier alpha value is -3.27. The van der Waals surface area contributed by atoms with Gasteiger partial charge in [0.25, 0.3) is 0 Å². The number of carbonyl (C=O) groups excluding carboxylic acids is 1. The molecule has 0 atom stereocenters. The summed E-state index contributed by atoms with van der Waals surface area (Å²) in [5, 5.41) is 19.3. The zero-order chi connectivity index (χ0) is 26.6. The number of nitrogens with zero attached hydrogens (tertiary/aromatic N) is 5. The van der Waals surface area contributed by atoms with E-state index in [9.17, 15) is 9.18 Å². The molecule has 1 amide bonds. The van der Waals surface area contributed by atoms with Crippen molar-refractivity contribution in [3.63, 3.8) is 0 Å². The number of hydrogen-bond donors (Lipinski definition) is 3. The van der Waals surface area contributed by atoms with Crippen LogP contribution < -0.4 is 15.5 Å². The number of anilines is 2. The predicted octanol–water partition coefficient (Wildman–Crippen LogP) is 2.89. The monoisotopic (exact) mass is 520 g/mol. The molecule has 38 heavy (non-hydrogen) atoms. The first-order valence-electron chi connectivity index (χ1n) is 13.6. The summed E-state index contributed by atoms with van der Waals surface area (Å²) >= 11 is 0. The van der Waals surface area contributed by atoms with Crippen molar-refractivity contribution in [3.8, 4) is 0 Å². The number of alkyl halides is 1. The van der Waals surface area contributed by atoms with Crippen LogP contribution in [0.1, 0.15) is 53.9 Å². The van der Waals surface area contributed by atoms with Gasteiger partial charge in [0.1, 0.15) is 12.0 Å². The number of allylic oxidation sites excluding steroid dienone is 1. The molecule has 3 N–H and O–H groups in total. The van der Waals surface area contributed by atoms with Gasteiger partial charge in [-0.3, -0.25) is 14.4 Å². The number of aryl methyl sites for hydroxylation is 2. The average Bonchev–Trinajstić information content (AvgIpc) is 3.17. The van der Waals surface area contributed by atoms with Crippen LogP contribution >= 0.6 is 0 Å². The number of carbonyl (C=O) groups is 1. The van der Waals surface area contributed by atoms with Crippen LogP contribution in [0.3, 0.4) is 0 Å². The minimum Gasteiger partial charge on any atom is -0.373 e. The van der Waals surface area contributed by atoms with E-state index in [1.807, 2.05) is 18.9 Å². The highest BCUT2D eigenvalue weighted by atomic mass is 19.1. The number of fused-ring (bicyclic) bond motifs is 3. The van der Waals surface area contributed by atoms with Crippen LogP contribution in [0.4, 0.5) is 15.9 Å². The summed E-state index contributed by atoms with van der Waals surface area (Å²) in [4.78, 5) is 21.2. The quantitative estimate of drug-likeness (QED) is 0.366. The van der Waals surface area contributed by atoms with Crippen LogP contribution in [0, 0.1) is 19.3 Å². The third-order valence-corrected chi connectivity index (χ3v) is 8.76. The summed E-state index contributed by atoms with van der Waals surface area (Å²) in [6.07, 6.45) is 5.32. The van der Waals surface area contributed by atoms with Crippen LogP contribution in [-0.4, -0.2) is 76.7 Å². The second-order valence-corrected chi connectivity index (χ2v) is 11.5. The first-order valence-corrected chi connectivity index (χ1v) is 13.6. The highest BCUT2D eigenvalue weighted by Crippen LogP contribution is 2.49. The standard InChI is InChI=1S/C28H37FN8O/c1-17-8-25(22(11-30)27(31-3)32-17)36-7-5-24-23(15-36)18(2)34-37(24)12-19-4-6-28(9-20(19)10-28)33-26(38)16-35-13-21(29)14-35/h8,11,21,30H,4-7,9-10,12-16H2,1-3H3,(H,31,32)(H,33,38). The zero-order valence-electron chi connectivity index (χ0n) is 22.5. The third-order valence-electron chi connectivity index (χ3n) is 8.76. The molecular weight excluding hydrogens is 483 g/mol. The van der Waals surface area contributed by atoms with Crippen LogP contribution in [0.5, 0.6) is 0 Å². The second-order valence-electron chi connectivity index (χ2n) is 11.5. The Morgan fingerprint density at radius 3 is 2.74 bits per heavy atom. The normalized spacial score (nSPS) is 20.5. The highest BCUT2D eigenvalue weighted by molar-refractivity contribution is 5.92. The minimum absolute atomic E-state index is 0.0260. The van der Waals surface area contributed by atoms with E-state index in [-0.39, 0.29) is 11.4 Å². The van der Waals surface area contributed by atoms with E-state index >= 15 is 0 Å². The molecule has 202 valence electrons. The van der Waals surface area contributed by atoms with E-state index in [0.29, 0.717) is 19.6 Å². The molecule has 2 fully saturated rings. The molecule has 4 heterocycles. The minimum atomic E-state index is -0.776. The lowest BCUT2D eigenvalue weighted by molar-refractivity contribution is -0.126. The Balaban J connectivity index is 1.13. The summed E-state index contributed by atoms with van der Waals surface area (Å²) < 4.78 is 15.3. The molecule has 2 aromatic rings. The molecule has 3 aliphatic carbocycles. The van der Waals surface area contributed by atoms with E-state index in [1.54, 1.807) is 0 Å². The zero-order valence-corrected chi connectivity index (χ0v) is 22.5. The molecule has 0 spiro atoms. The highest BCUT2D eigenvalue weighted by Gasteiger charge is 2.46. The van der Waals surface area contributed by atoms with Gasteiger partial charge >= 0.3 is 0 Å². The van der Waals surface area contributed by atoms with Gasteiger partial charge in [-0.05, 0) is 51.2 Å². The molecule has 10 heteroatoms. The van der Waals surface area contributed by atoms with Crippen LogP contribution in [0.25, 0.3) is 0 Å². The van der Waals surface area contributed by atoms with Crippen LogP contribution in [0.15, 0.2) is 17.2 Å². The maximum atomic E-state index is 13.1. The second kappa shape index (κ2) is 9.48. The molecule has 1 saturated heterocycles. The molecule has 0 aromatic carbocycles. The van der Waals surface area contributed by atoms with Gasteiger partial charge in [-0.25, -0.2) is 9.37 Å². The Kier molecular flexibility index (Phi) is 6.25. The molecule has 0 unspecified atom stereocenters. The van der Waals surface area contributed by atoms with E-state index in [2.05, 4.69) is 38.2 Å². The molecule has 2 aromatic heterocycles. The maximum absolute atomic E-state index is 13.1. The Morgan fingerprint density at radius 2 is 2.08 bits per heavy atom.